The maximum atomic E-state index is 9.56. The summed E-state index contributed by atoms with van der Waals surface area (Å²) in [4.78, 5) is 0. The van der Waals surface area contributed by atoms with Crippen LogP contribution in [0.3, 0.4) is 0 Å². The lowest BCUT2D eigenvalue weighted by Crippen LogP contribution is -2.14. The van der Waals surface area contributed by atoms with Gasteiger partial charge in [0.15, 0.2) is 0 Å². The van der Waals surface area contributed by atoms with Crippen molar-refractivity contribution >= 4 is 0 Å². The quantitative estimate of drug-likeness (QED) is 0.716. The second-order valence-electron chi connectivity index (χ2n) is 5.48. The smallest absolute Gasteiger partial charge is 0.0771 e. The van der Waals surface area contributed by atoms with E-state index >= 15 is 0 Å². The largest absolute Gasteiger partial charge is 0.386 e. The van der Waals surface area contributed by atoms with E-state index in [1.54, 1.807) is 13.8 Å². The third-order valence-electron chi connectivity index (χ3n) is 2.96. The maximum Gasteiger partial charge on any atom is 0.0771 e. The normalized spacial score (nSPS) is 27.6. The lowest BCUT2D eigenvalue weighted by atomic mass is 9.86. The lowest BCUT2D eigenvalue weighted by molar-refractivity contribution is 0.132. The summed E-state index contributed by atoms with van der Waals surface area (Å²) in [5.74, 6) is 1.72. The van der Waals surface area contributed by atoms with Gasteiger partial charge in [0, 0.05) is 0 Å². The van der Waals surface area contributed by atoms with Crippen molar-refractivity contribution < 1.29 is 5.11 Å². The summed E-state index contributed by atoms with van der Waals surface area (Å²) in [5, 5.41) is 9.56. The van der Waals surface area contributed by atoms with Crippen LogP contribution in [0.5, 0.6) is 0 Å². The Hall–Kier alpha value is -0.820. The second kappa shape index (κ2) is 5.49. The van der Waals surface area contributed by atoms with Gasteiger partial charge < -0.3 is 5.11 Å². The molecule has 1 unspecified atom stereocenters. The van der Waals surface area contributed by atoms with Crippen LogP contribution in [0.15, 0.2) is 36.5 Å². The summed E-state index contributed by atoms with van der Waals surface area (Å²) in [7, 11) is 0. The molecule has 0 aromatic carbocycles. The van der Waals surface area contributed by atoms with Gasteiger partial charge in [0.05, 0.1) is 5.60 Å². The van der Waals surface area contributed by atoms with Crippen molar-refractivity contribution in [3.63, 3.8) is 0 Å². The van der Waals surface area contributed by atoms with Crippen LogP contribution in [-0.4, -0.2) is 10.7 Å². The molecule has 1 atom stereocenters. The Bertz CT molecular complexity index is 277. The molecule has 0 aromatic rings. The number of hydrogen-bond donors (Lipinski definition) is 1. The van der Waals surface area contributed by atoms with Gasteiger partial charge in [0.1, 0.15) is 0 Å². The fourth-order valence-corrected chi connectivity index (χ4v) is 1.84. The van der Waals surface area contributed by atoms with Crippen molar-refractivity contribution in [3.05, 3.63) is 36.5 Å². The Morgan fingerprint density at radius 3 is 2.31 bits per heavy atom. The molecule has 0 spiro atoms. The molecule has 90 valence electrons. The molecular formula is C15H24O. The molecule has 0 aromatic heterocycles. The highest BCUT2D eigenvalue weighted by Crippen LogP contribution is 2.24. The SMILES string of the molecule is CC1C=CC(C(C)C/C=C/C(C)(C)O)C=C1. The summed E-state index contributed by atoms with van der Waals surface area (Å²) < 4.78 is 0. The van der Waals surface area contributed by atoms with Gasteiger partial charge in [-0.3, -0.25) is 0 Å². The summed E-state index contributed by atoms with van der Waals surface area (Å²) in [5.41, 5.74) is -0.688. The van der Waals surface area contributed by atoms with Crippen LogP contribution in [-0.2, 0) is 0 Å². The second-order valence-corrected chi connectivity index (χ2v) is 5.48. The minimum atomic E-state index is -0.688. The average Bonchev–Trinajstić information content (AvgIpc) is 2.16. The van der Waals surface area contributed by atoms with E-state index in [2.05, 4.69) is 44.2 Å². The molecule has 0 heterocycles. The zero-order valence-electron chi connectivity index (χ0n) is 10.9. The highest BCUT2D eigenvalue weighted by atomic mass is 16.3. The van der Waals surface area contributed by atoms with Crippen molar-refractivity contribution in [2.24, 2.45) is 17.8 Å². The zero-order chi connectivity index (χ0) is 12.2. The third-order valence-corrected chi connectivity index (χ3v) is 2.96. The summed E-state index contributed by atoms with van der Waals surface area (Å²) in [6.45, 7) is 8.05. The fourth-order valence-electron chi connectivity index (χ4n) is 1.84. The first-order valence-corrected chi connectivity index (χ1v) is 6.15. The molecule has 1 nitrogen and oxygen atoms in total. The highest BCUT2D eigenvalue weighted by Gasteiger charge is 2.13. The van der Waals surface area contributed by atoms with E-state index in [1.807, 2.05) is 6.08 Å². The molecule has 1 aliphatic carbocycles. The third kappa shape index (κ3) is 4.80. The van der Waals surface area contributed by atoms with E-state index < -0.39 is 5.60 Å². The van der Waals surface area contributed by atoms with Gasteiger partial charge >= 0.3 is 0 Å². The molecule has 0 saturated carbocycles. The van der Waals surface area contributed by atoms with Gasteiger partial charge in [-0.05, 0) is 38.0 Å². The number of hydrogen-bond acceptors (Lipinski definition) is 1. The summed E-state index contributed by atoms with van der Waals surface area (Å²) in [6, 6.07) is 0. The van der Waals surface area contributed by atoms with Gasteiger partial charge in [-0.15, -0.1) is 0 Å². The molecule has 0 radical (unpaired) electrons. The van der Waals surface area contributed by atoms with Crippen molar-refractivity contribution in [1.82, 2.24) is 0 Å². The standard InChI is InChI=1S/C15H24O/c1-12-7-9-14(10-8-12)13(2)6-5-11-15(3,4)16/h5,7-14,16H,6H2,1-4H3/b11-5+. The first-order chi connectivity index (χ1) is 7.38. The van der Waals surface area contributed by atoms with Crippen molar-refractivity contribution in [1.29, 1.82) is 0 Å². The van der Waals surface area contributed by atoms with Crippen LogP contribution in [0.2, 0.25) is 0 Å². The maximum absolute atomic E-state index is 9.56. The van der Waals surface area contributed by atoms with Crippen molar-refractivity contribution in [2.75, 3.05) is 0 Å². The van der Waals surface area contributed by atoms with Gasteiger partial charge in [-0.1, -0.05) is 50.3 Å². The highest BCUT2D eigenvalue weighted by molar-refractivity contribution is 5.13. The number of aliphatic hydroxyl groups is 1. The van der Waals surface area contributed by atoms with E-state index in [0.29, 0.717) is 17.8 Å². The van der Waals surface area contributed by atoms with Crippen LogP contribution < -0.4 is 0 Å². The molecule has 0 saturated heterocycles. The Morgan fingerprint density at radius 2 is 1.81 bits per heavy atom. The predicted octanol–water partition coefficient (Wildman–Crippen LogP) is 3.72. The van der Waals surface area contributed by atoms with Crippen LogP contribution in [0.1, 0.15) is 34.1 Å². The van der Waals surface area contributed by atoms with Gasteiger partial charge in [-0.25, -0.2) is 0 Å². The first kappa shape index (κ1) is 13.2. The molecule has 1 N–H and O–H groups in total. The van der Waals surface area contributed by atoms with E-state index in [9.17, 15) is 5.11 Å². The van der Waals surface area contributed by atoms with Crippen LogP contribution in [0.25, 0.3) is 0 Å². The van der Waals surface area contributed by atoms with Crippen LogP contribution in [0.4, 0.5) is 0 Å². The van der Waals surface area contributed by atoms with Gasteiger partial charge in [0.25, 0.3) is 0 Å². The molecule has 0 amide bonds. The summed E-state index contributed by atoms with van der Waals surface area (Å²) >= 11 is 0. The van der Waals surface area contributed by atoms with Crippen molar-refractivity contribution in [3.8, 4) is 0 Å². The van der Waals surface area contributed by atoms with Gasteiger partial charge in [0.2, 0.25) is 0 Å². The van der Waals surface area contributed by atoms with Crippen LogP contribution in [0, 0.1) is 17.8 Å². The Morgan fingerprint density at radius 1 is 1.25 bits per heavy atom. The molecule has 0 aliphatic heterocycles. The van der Waals surface area contributed by atoms with Gasteiger partial charge in [-0.2, -0.15) is 0 Å². The lowest BCUT2D eigenvalue weighted by Gasteiger charge is -2.20. The topological polar surface area (TPSA) is 20.2 Å². The molecule has 16 heavy (non-hydrogen) atoms. The van der Waals surface area contributed by atoms with Crippen molar-refractivity contribution in [2.45, 2.75) is 39.7 Å². The molecule has 0 fully saturated rings. The predicted molar refractivity (Wildman–Crippen MR) is 70.2 cm³/mol. The van der Waals surface area contributed by atoms with E-state index in [4.69, 9.17) is 0 Å². The van der Waals surface area contributed by atoms with E-state index in [1.165, 1.54) is 0 Å². The zero-order valence-corrected chi connectivity index (χ0v) is 10.9. The molecule has 0 bridgehead atoms. The van der Waals surface area contributed by atoms with E-state index in [0.717, 1.165) is 6.42 Å². The molecule has 1 rings (SSSR count). The fraction of sp³-hybridized carbons (Fsp3) is 0.600. The summed E-state index contributed by atoms with van der Waals surface area (Å²) in [6.07, 6.45) is 14.1. The molecule has 1 heteroatoms. The monoisotopic (exact) mass is 220 g/mol. The molecular weight excluding hydrogens is 196 g/mol. The minimum Gasteiger partial charge on any atom is -0.386 e. The van der Waals surface area contributed by atoms with Crippen LogP contribution >= 0.6 is 0 Å². The first-order valence-electron chi connectivity index (χ1n) is 6.15. The Balaban J connectivity index is 2.42. The Labute approximate surface area is 99.6 Å². The molecule has 1 aliphatic rings. The minimum absolute atomic E-state index is 0.544. The number of rotatable bonds is 4. The Kier molecular flexibility index (Phi) is 4.55. The number of allylic oxidation sites excluding steroid dienone is 5. The average molecular weight is 220 g/mol. The van der Waals surface area contributed by atoms with E-state index in [-0.39, 0.29) is 0 Å².